The van der Waals surface area contributed by atoms with Crippen LogP contribution in [0.2, 0.25) is 0 Å². The van der Waals surface area contributed by atoms with E-state index in [1.54, 1.807) is 0 Å². The van der Waals surface area contributed by atoms with Crippen molar-refractivity contribution in [2.24, 2.45) is 10.9 Å². The van der Waals surface area contributed by atoms with Crippen LogP contribution in [0.4, 0.5) is 0 Å². The first-order valence-corrected chi connectivity index (χ1v) is 6.00. The second-order valence-electron chi connectivity index (χ2n) is 3.92. The summed E-state index contributed by atoms with van der Waals surface area (Å²) in [6.07, 6.45) is 3.62. The molecule has 0 aliphatic rings. The summed E-state index contributed by atoms with van der Waals surface area (Å²) in [5, 5.41) is 20.4. The molecule has 0 bridgehead atoms. The molecule has 0 radical (unpaired) electrons. The van der Waals surface area contributed by atoms with E-state index < -0.39 is 0 Å². The standard InChI is InChI=1S/C11H25N3O2/c1-3-10(4-2)14(8-9-15)7-5-6-11(12)13-16/h10,15-16H,3-9H2,1-2H3,(H2,12,13). The van der Waals surface area contributed by atoms with Crippen LogP contribution in [0.25, 0.3) is 0 Å². The third-order valence-corrected chi connectivity index (χ3v) is 2.85. The number of hydrogen-bond donors (Lipinski definition) is 3. The molecular weight excluding hydrogens is 206 g/mol. The minimum absolute atomic E-state index is 0.181. The maximum absolute atomic E-state index is 9.00. The van der Waals surface area contributed by atoms with E-state index in [0.29, 0.717) is 19.0 Å². The second-order valence-corrected chi connectivity index (χ2v) is 3.92. The van der Waals surface area contributed by atoms with E-state index in [1.807, 2.05) is 0 Å². The number of hydrogen-bond acceptors (Lipinski definition) is 4. The average molecular weight is 231 g/mol. The van der Waals surface area contributed by atoms with Crippen molar-refractivity contribution in [1.29, 1.82) is 0 Å². The molecule has 5 heteroatoms. The van der Waals surface area contributed by atoms with Gasteiger partial charge in [-0.25, -0.2) is 0 Å². The number of aliphatic hydroxyl groups is 1. The van der Waals surface area contributed by atoms with Crippen molar-refractivity contribution in [1.82, 2.24) is 4.90 Å². The number of oxime groups is 1. The Morgan fingerprint density at radius 1 is 1.31 bits per heavy atom. The van der Waals surface area contributed by atoms with Gasteiger partial charge >= 0.3 is 0 Å². The van der Waals surface area contributed by atoms with E-state index in [4.69, 9.17) is 16.0 Å². The molecular formula is C11H25N3O2. The van der Waals surface area contributed by atoms with Crippen LogP contribution >= 0.6 is 0 Å². The highest BCUT2D eigenvalue weighted by Crippen LogP contribution is 2.09. The van der Waals surface area contributed by atoms with Crippen molar-refractivity contribution in [2.45, 2.75) is 45.6 Å². The quantitative estimate of drug-likeness (QED) is 0.239. The summed E-state index contributed by atoms with van der Waals surface area (Å²) >= 11 is 0. The lowest BCUT2D eigenvalue weighted by Gasteiger charge is -2.29. The molecule has 0 heterocycles. The van der Waals surface area contributed by atoms with Gasteiger partial charge < -0.3 is 16.0 Å². The van der Waals surface area contributed by atoms with Gasteiger partial charge in [0.15, 0.2) is 0 Å². The Bertz CT molecular complexity index is 194. The predicted molar refractivity (Wildman–Crippen MR) is 65.7 cm³/mol. The molecule has 0 aromatic rings. The van der Waals surface area contributed by atoms with Crippen LogP contribution in [0.5, 0.6) is 0 Å². The predicted octanol–water partition coefficient (Wildman–Crippen LogP) is 0.996. The average Bonchev–Trinajstić information content (AvgIpc) is 2.30. The third kappa shape index (κ3) is 5.92. The number of nitrogens with two attached hydrogens (primary N) is 1. The first-order valence-electron chi connectivity index (χ1n) is 6.00. The number of nitrogens with zero attached hydrogens (tertiary/aromatic N) is 2. The van der Waals surface area contributed by atoms with Gasteiger partial charge in [-0.1, -0.05) is 19.0 Å². The fourth-order valence-corrected chi connectivity index (χ4v) is 1.92. The van der Waals surface area contributed by atoms with Crippen molar-refractivity contribution in [3.8, 4) is 0 Å². The van der Waals surface area contributed by atoms with Crippen molar-refractivity contribution in [3.63, 3.8) is 0 Å². The molecule has 0 fully saturated rings. The maximum atomic E-state index is 9.00. The van der Waals surface area contributed by atoms with Crippen molar-refractivity contribution < 1.29 is 10.3 Å². The van der Waals surface area contributed by atoms with E-state index in [0.717, 1.165) is 25.8 Å². The highest BCUT2D eigenvalue weighted by molar-refractivity contribution is 5.79. The highest BCUT2D eigenvalue weighted by Gasteiger charge is 2.13. The summed E-state index contributed by atoms with van der Waals surface area (Å²) in [5.41, 5.74) is 5.41. The van der Waals surface area contributed by atoms with Gasteiger partial charge in [-0.3, -0.25) is 4.90 Å². The van der Waals surface area contributed by atoms with Gasteiger partial charge in [0.2, 0.25) is 0 Å². The van der Waals surface area contributed by atoms with Crippen molar-refractivity contribution in [3.05, 3.63) is 0 Å². The Kier molecular flexibility index (Phi) is 8.94. The summed E-state index contributed by atoms with van der Waals surface area (Å²) in [6.45, 7) is 6.07. The molecule has 0 unspecified atom stereocenters. The van der Waals surface area contributed by atoms with Gasteiger partial charge in [-0.05, 0) is 25.8 Å². The van der Waals surface area contributed by atoms with Gasteiger partial charge in [-0.2, -0.15) is 0 Å². The fourth-order valence-electron chi connectivity index (χ4n) is 1.92. The molecule has 0 aliphatic heterocycles. The van der Waals surface area contributed by atoms with Gasteiger partial charge in [0.1, 0.15) is 5.84 Å². The normalized spacial score (nSPS) is 12.7. The van der Waals surface area contributed by atoms with Gasteiger partial charge in [-0.15, -0.1) is 0 Å². The molecule has 0 amide bonds. The number of amidine groups is 1. The zero-order valence-electron chi connectivity index (χ0n) is 10.4. The Hall–Kier alpha value is -0.810. The largest absolute Gasteiger partial charge is 0.409 e. The van der Waals surface area contributed by atoms with Gasteiger partial charge in [0, 0.05) is 19.0 Å². The molecule has 0 saturated heterocycles. The topological polar surface area (TPSA) is 82.1 Å². The lowest BCUT2D eigenvalue weighted by atomic mass is 10.1. The molecule has 0 spiro atoms. The third-order valence-electron chi connectivity index (χ3n) is 2.85. The summed E-state index contributed by atoms with van der Waals surface area (Å²) < 4.78 is 0. The minimum atomic E-state index is 0.181. The van der Waals surface area contributed by atoms with Crippen LogP contribution in [-0.4, -0.2) is 46.8 Å². The highest BCUT2D eigenvalue weighted by atomic mass is 16.4. The molecule has 0 atom stereocenters. The Morgan fingerprint density at radius 2 is 1.94 bits per heavy atom. The van der Waals surface area contributed by atoms with E-state index in [2.05, 4.69) is 23.9 Å². The lowest BCUT2D eigenvalue weighted by molar-refractivity contribution is 0.142. The summed E-state index contributed by atoms with van der Waals surface area (Å²) in [5.74, 6) is 0.272. The molecule has 16 heavy (non-hydrogen) atoms. The van der Waals surface area contributed by atoms with Crippen LogP contribution < -0.4 is 5.73 Å². The molecule has 0 aromatic heterocycles. The summed E-state index contributed by atoms with van der Waals surface area (Å²) in [6, 6.07) is 0.513. The monoisotopic (exact) mass is 231 g/mol. The Morgan fingerprint density at radius 3 is 2.38 bits per heavy atom. The molecule has 0 rings (SSSR count). The van der Waals surface area contributed by atoms with Crippen molar-refractivity contribution in [2.75, 3.05) is 19.7 Å². The summed E-state index contributed by atoms with van der Waals surface area (Å²) in [7, 11) is 0. The molecule has 96 valence electrons. The Labute approximate surface area is 97.9 Å². The SMILES string of the molecule is CCC(CC)N(CCO)CCCC(N)=NO. The van der Waals surface area contributed by atoms with Crippen LogP contribution in [0, 0.1) is 0 Å². The van der Waals surface area contributed by atoms with Gasteiger partial charge in [0.05, 0.1) is 6.61 Å². The van der Waals surface area contributed by atoms with E-state index >= 15 is 0 Å². The minimum Gasteiger partial charge on any atom is -0.409 e. The fraction of sp³-hybridized carbons (Fsp3) is 0.909. The van der Waals surface area contributed by atoms with E-state index in [1.165, 1.54) is 0 Å². The van der Waals surface area contributed by atoms with E-state index in [-0.39, 0.29) is 12.4 Å². The number of rotatable bonds is 9. The van der Waals surface area contributed by atoms with Crippen LogP contribution in [-0.2, 0) is 0 Å². The second kappa shape index (κ2) is 9.42. The molecule has 0 aliphatic carbocycles. The molecule has 4 N–H and O–H groups in total. The van der Waals surface area contributed by atoms with Gasteiger partial charge in [0.25, 0.3) is 0 Å². The first kappa shape index (κ1) is 15.2. The lowest BCUT2D eigenvalue weighted by Crippen LogP contribution is -2.37. The van der Waals surface area contributed by atoms with Crippen LogP contribution in [0.15, 0.2) is 5.16 Å². The van der Waals surface area contributed by atoms with Crippen LogP contribution in [0.1, 0.15) is 39.5 Å². The first-order chi connectivity index (χ1) is 7.69. The Balaban J connectivity index is 4.02. The number of aliphatic hydroxyl groups excluding tert-OH is 1. The zero-order valence-corrected chi connectivity index (χ0v) is 10.4. The van der Waals surface area contributed by atoms with E-state index in [9.17, 15) is 0 Å². The molecule has 0 aromatic carbocycles. The smallest absolute Gasteiger partial charge is 0.139 e. The maximum Gasteiger partial charge on any atom is 0.139 e. The zero-order chi connectivity index (χ0) is 12.4. The van der Waals surface area contributed by atoms with Crippen LogP contribution in [0.3, 0.4) is 0 Å². The van der Waals surface area contributed by atoms with Crippen molar-refractivity contribution >= 4 is 5.84 Å². The molecule has 5 nitrogen and oxygen atoms in total. The molecule has 0 saturated carbocycles. The summed E-state index contributed by atoms with van der Waals surface area (Å²) in [4.78, 5) is 2.27.